The number of hydrogen-bond acceptors (Lipinski definition) is 4. The normalized spacial score (nSPS) is 11.7. The van der Waals surface area contributed by atoms with Crippen molar-refractivity contribution in [1.82, 2.24) is 24.1 Å². The average Bonchev–Trinajstić information content (AvgIpc) is 3.29. The van der Waals surface area contributed by atoms with Crippen molar-refractivity contribution in [2.45, 2.75) is 6.18 Å². The van der Waals surface area contributed by atoms with Crippen LogP contribution >= 0.6 is 0 Å². The van der Waals surface area contributed by atoms with Crippen LogP contribution in [0.5, 0.6) is 0 Å². The molecule has 1 amide bonds. The van der Waals surface area contributed by atoms with E-state index in [1.807, 2.05) is 0 Å². The Hall–Kier alpha value is -3.69. The zero-order chi connectivity index (χ0) is 19.0. The van der Waals surface area contributed by atoms with Gasteiger partial charge in [0.2, 0.25) is 5.78 Å². The summed E-state index contributed by atoms with van der Waals surface area (Å²) in [5, 5.41) is 6.35. The van der Waals surface area contributed by atoms with Crippen LogP contribution < -0.4 is 5.32 Å². The number of amides is 1. The van der Waals surface area contributed by atoms with Crippen LogP contribution in [0.4, 0.5) is 18.9 Å². The number of aromatic nitrogens is 5. The van der Waals surface area contributed by atoms with E-state index >= 15 is 0 Å². The summed E-state index contributed by atoms with van der Waals surface area (Å²) in [6.45, 7) is 0. The molecular weight excluding hydrogens is 361 g/mol. The van der Waals surface area contributed by atoms with Crippen molar-refractivity contribution in [3.05, 3.63) is 72.6 Å². The fourth-order valence-electron chi connectivity index (χ4n) is 2.54. The molecule has 10 heteroatoms. The molecule has 27 heavy (non-hydrogen) atoms. The molecule has 3 aromatic heterocycles. The minimum absolute atomic E-state index is 0.171. The Morgan fingerprint density at radius 2 is 1.85 bits per heavy atom. The standard InChI is InChI=1S/C17H11F3N6O/c18-17(19,20)14-6-8-22-26(14)12-4-2-11(3-5-12)23-15(27)13-10-25-9-1-7-21-16(25)24-13/h1-10H,(H,23,27). The topological polar surface area (TPSA) is 77.1 Å². The van der Waals surface area contributed by atoms with E-state index in [0.717, 1.165) is 16.9 Å². The van der Waals surface area contributed by atoms with Gasteiger partial charge in [0.15, 0.2) is 0 Å². The first-order valence-electron chi connectivity index (χ1n) is 7.74. The number of alkyl halides is 3. The van der Waals surface area contributed by atoms with Gasteiger partial charge >= 0.3 is 6.18 Å². The number of hydrogen-bond donors (Lipinski definition) is 1. The maximum absolute atomic E-state index is 13.0. The monoisotopic (exact) mass is 372 g/mol. The second kappa shape index (κ2) is 6.24. The van der Waals surface area contributed by atoms with Gasteiger partial charge in [0.1, 0.15) is 11.4 Å². The molecule has 0 unspecified atom stereocenters. The molecule has 0 bridgehead atoms. The first-order chi connectivity index (χ1) is 12.9. The number of imidazole rings is 1. The summed E-state index contributed by atoms with van der Waals surface area (Å²) in [7, 11) is 0. The number of nitrogens with one attached hydrogen (secondary N) is 1. The minimum atomic E-state index is -4.51. The second-order valence-corrected chi connectivity index (χ2v) is 5.58. The van der Waals surface area contributed by atoms with Gasteiger partial charge in [-0.05, 0) is 36.4 Å². The highest BCUT2D eigenvalue weighted by atomic mass is 19.4. The Balaban J connectivity index is 1.54. The van der Waals surface area contributed by atoms with E-state index in [1.165, 1.54) is 30.5 Å². The molecule has 0 atom stereocenters. The maximum atomic E-state index is 13.0. The van der Waals surface area contributed by atoms with Gasteiger partial charge in [0, 0.05) is 24.3 Å². The van der Waals surface area contributed by atoms with Gasteiger partial charge in [0.25, 0.3) is 5.91 Å². The molecule has 4 aromatic rings. The van der Waals surface area contributed by atoms with Crippen LogP contribution in [-0.4, -0.2) is 30.1 Å². The zero-order valence-electron chi connectivity index (χ0n) is 13.6. The molecular formula is C17H11F3N6O. The molecule has 0 aliphatic heterocycles. The lowest BCUT2D eigenvalue weighted by molar-refractivity contribution is -0.142. The predicted octanol–water partition coefficient (Wildman–Crippen LogP) is 3.19. The largest absolute Gasteiger partial charge is 0.433 e. The van der Waals surface area contributed by atoms with Crippen molar-refractivity contribution in [3.63, 3.8) is 0 Å². The van der Waals surface area contributed by atoms with Crippen LogP contribution in [0.3, 0.4) is 0 Å². The number of nitrogens with zero attached hydrogens (tertiary/aromatic N) is 5. The summed E-state index contributed by atoms with van der Waals surface area (Å²) in [6, 6.07) is 8.45. The molecule has 0 radical (unpaired) electrons. The Kier molecular flexibility index (Phi) is 3.87. The van der Waals surface area contributed by atoms with Gasteiger partial charge in [-0.1, -0.05) is 0 Å². The number of anilines is 1. The van der Waals surface area contributed by atoms with Crippen molar-refractivity contribution in [2.75, 3.05) is 5.32 Å². The highest BCUT2D eigenvalue weighted by Gasteiger charge is 2.35. The molecule has 1 aromatic carbocycles. The Labute approximate surface area is 150 Å². The van der Waals surface area contributed by atoms with E-state index in [1.54, 1.807) is 22.9 Å². The fraction of sp³-hybridized carbons (Fsp3) is 0.0588. The molecule has 0 saturated heterocycles. The van der Waals surface area contributed by atoms with Crippen LogP contribution in [0.1, 0.15) is 16.2 Å². The number of carbonyl (C=O) groups is 1. The summed E-state index contributed by atoms with van der Waals surface area (Å²) in [5.74, 6) is -0.0697. The van der Waals surface area contributed by atoms with E-state index in [-0.39, 0.29) is 11.4 Å². The minimum Gasteiger partial charge on any atom is -0.321 e. The SMILES string of the molecule is O=C(Nc1ccc(-n2nccc2C(F)(F)F)cc1)c1cn2cccnc2n1. The van der Waals surface area contributed by atoms with Crippen LogP contribution in [0.2, 0.25) is 0 Å². The van der Waals surface area contributed by atoms with Crippen LogP contribution in [0.15, 0.2) is 61.2 Å². The first-order valence-corrected chi connectivity index (χ1v) is 7.74. The second-order valence-electron chi connectivity index (χ2n) is 5.58. The average molecular weight is 372 g/mol. The Bertz CT molecular complexity index is 1080. The van der Waals surface area contributed by atoms with Crippen LogP contribution in [-0.2, 0) is 6.18 Å². The third kappa shape index (κ3) is 3.24. The smallest absolute Gasteiger partial charge is 0.321 e. The quantitative estimate of drug-likeness (QED) is 0.599. The number of benzene rings is 1. The lowest BCUT2D eigenvalue weighted by Crippen LogP contribution is -2.14. The molecule has 0 saturated carbocycles. The molecule has 0 fully saturated rings. The highest BCUT2D eigenvalue weighted by molar-refractivity contribution is 6.03. The predicted molar refractivity (Wildman–Crippen MR) is 89.5 cm³/mol. The summed E-state index contributed by atoms with van der Waals surface area (Å²) in [6.07, 6.45) is 1.37. The molecule has 136 valence electrons. The van der Waals surface area contributed by atoms with Gasteiger partial charge in [-0.15, -0.1) is 0 Å². The first kappa shape index (κ1) is 16.8. The lowest BCUT2D eigenvalue weighted by atomic mass is 10.2. The Morgan fingerprint density at radius 3 is 2.56 bits per heavy atom. The van der Waals surface area contributed by atoms with Gasteiger partial charge in [-0.25, -0.2) is 14.6 Å². The highest BCUT2D eigenvalue weighted by Crippen LogP contribution is 2.30. The molecule has 1 N–H and O–H groups in total. The van der Waals surface area contributed by atoms with Gasteiger partial charge in [-0.3, -0.25) is 9.20 Å². The van der Waals surface area contributed by atoms with E-state index in [9.17, 15) is 18.0 Å². The van der Waals surface area contributed by atoms with Crippen LogP contribution in [0, 0.1) is 0 Å². The number of carbonyl (C=O) groups excluding carboxylic acids is 1. The lowest BCUT2D eigenvalue weighted by Gasteiger charge is -2.11. The van der Waals surface area contributed by atoms with Crippen molar-refractivity contribution in [3.8, 4) is 5.69 Å². The van der Waals surface area contributed by atoms with E-state index < -0.39 is 17.8 Å². The maximum Gasteiger partial charge on any atom is 0.433 e. The van der Waals surface area contributed by atoms with Crippen molar-refractivity contribution < 1.29 is 18.0 Å². The fourth-order valence-corrected chi connectivity index (χ4v) is 2.54. The van der Waals surface area contributed by atoms with Gasteiger partial charge < -0.3 is 5.32 Å². The van der Waals surface area contributed by atoms with Gasteiger partial charge in [-0.2, -0.15) is 18.3 Å². The molecule has 0 aliphatic carbocycles. The summed E-state index contributed by atoms with van der Waals surface area (Å²) in [5.41, 5.74) is -0.0718. The molecule has 7 nitrogen and oxygen atoms in total. The van der Waals surface area contributed by atoms with Crippen LogP contribution in [0.25, 0.3) is 11.5 Å². The number of fused-ring (bicyclic) bond motifs is 1. The van der Waals surface area contributed by atoms with Gasteiger partial charge in [0.05, 0.1) is 11.9 Å². The summed E-state index contributed by atoms with van der Waals surface area (Å²) < 4.78 is 41.3. The summed E-state index contributed by atoms with van der Waals surface area (Å²) in [4.78, 5) is 20.4. The third-order valence-electron chi connectivity index (χ3n) is 3.77. The molecule has 0 spiro atoms. The number of rotatable bonds is 3. The van der Waals surface area contributed by atoms with Crippen molar-refractivity contribution >= 4 is 17.4 Å². The molecule has 3 heterocycles. The van der Waals surface area contributed by atoms with E-state index in [0.29, 0.717) is 11.5 Å². The molecule has 0 aliphatic rings. The number of halogens is 3. The zero-order valence-corrected chi connectivity index (χ0v) is 13.6. The molecule has 4 rings (SSSR count). The Morgan fingerprint density at radius 1 is 1.07 bits per heavy atom. The summed E-state index contributed by atoms with van der Waals surface area (Å²) >= 11 is 0. The van der Waals surface area contributed by atoms with Crippen molar-refractivity contribution in [1.29, 1.82) is 0 Å². The van der Waals surface area contributed by atoms with E-state index in [4.69, 9.17) is 0 Å². The van der Waals surface area contributed by atoms with E-state index in [2.05, 4.69) is 20.4 Å². The third-order valence-corrected chi connectivity index (χ3v) is 3.77. The van der Waals surface area contributed by atoms with Crippen molar-refractivity contribution in [2.24, 2.45) is 0 Å².